The highest BCUT2D eigenvalue weighted by Gasteiger charge is 2.33. The summed E-state index contributed by atoms with van der Waals surface area (Å²) in [6.07, 6.45) is 4.14. The van der Waals surface area contributed by atoms with Gasteiger partial charge >= 0.3 is 0 Å². The molecule has 0 aromatic heterocycles. The van der Waals surface area contributed by atoms with Crippen molar-refractivity contribution in [3.63, 3.8) is 0 Å². The number of nitrogens with zero attached hydrogens (tertiary/aromatic N) is 2. The molecule has 0 radical (unpaired) electrons. The van der Waals surface area contributed by atoms with E-state index < -0.39 is 0 Å². The van der Waals surface area contributed by atoms with Crippen LogP contribution in [-0.2, 0) is 0 Å². The first kappa shape index (κ1) is 16.3. The van der Waals surface area contributed by atoms with E-state index in [1.54, 1.807) is 0 Å². The van der Waals surface area contributed by atoms with Crippen molar-refractivity contribution in [2.75, 3.05) is 39.3 Å². The lowest BCUT2D eigenvalue weighted by molar-refractivity contribution is 0.0565. The molecule has 3 nitrogen and oxygen atoms in total. The predicted octanol–water partition coefficient (Wildman–Crippen LogP) is 2.43. The van der Waals surface area contributed by atoms with E-state index in [0.717, 1.165) is 30.5 Å². The Morgan fingerprint density at radius 1 is 1.00 bits per heavy atom. The van der Waals surface area contributed by atoms with Crippen molar-refractivity contribution in [2.45, 2.75) is 59.0 Å². The Morgan fingerprint density at radius 2 is 1.70 bits per heavy atom. The van der Waals surface area contributed by atoms with Crippen LogP contribution in [0.5, 0.6) is 0 Å². The molecule has 2 rings (SSSR count). The van der Waals surface area contributed by atoms with Crippen molar-refractivity contribution in [3.05, 3.63) is 0 Å². The third-order valence-corrected chi connectivity index (χ3v) is 5.81. The lowest BCUT2D eigenvalue weighted by Gasteiger charge is -2.45. The second-order valence-electron chi connectivity index (χ2n) is 6.93. The average Bonchev–Trinajstić information content (AvgIpc) is 2.48. The van der Waals surface area contributed by atoms with Gasteiger partial charge in [-0.1, -0.05) is 20.8 Å². The fourth-order valence-corrected chi connectivity index (χ4v) is 4.06. The van der Waals surface area contributed by atoms with Gasteiger partial charge in [-0.3, -0.25) is 0 Å². The van der Waals surface area contributed by atoms with Crippen LogP contribution >= 0.6 is 0 Å². The fraction of sp³-hybridized carbons (Fsp3) is 1.00. The minimum atomic E-state index is 0.730. The zero-order valence-corrected chi connectivity index (χ0v) is 14.1. The maximum Gasteiger partial charge on any atom is 0.0120 e. The SMILES string of the molecule is CCNC1CCN(CC2CCN(CC)CC2)C(C)C1C. The Balaban J connectivity index is 1.79. The van der Waals surface area contributed by atoms with E-state index >= 15 is 0 Å². The zero-order chi connectivity index (χ0) is 14.5. The van der Waals surface area contributed by atoms with Crippen LogP contribution in [-0.4, -0.2) is 61.2 Å². The molecule has 20 heavy (non-hydrogen) atoms. The van der Waals surface area contributed by atoms with Gasteiger partial charge in [0.15, 0.2) is 0 Å². The number of likely N-dealkylation sites (tertiary alicyclic amines) is 2. The van der Waals surface area contributed by atoms with Crippen LogP contribution in [0.1, 0.15) is 47.0 Å². The van der Waals surface area contributed by atoms with Gasteiger partial charge in [-0.05, 0) is 70.7 Å². The summed E-state index contributed by atoms with van der Waals surface area (Å²) >= 11 is 0. The molecule has 1 N–H and O–H groups in total. The van der Waals surface area contributed by atoms with Crippen LogP contribution < -0.4 is 5.32 Å². The van der Waals surface area contributed by atoms with Gasteiger partial charge in [0.1, 0.15) is 0 Å². The number of hydrogen-bond donors (Lipinski definition) is 1. The average molecular weight is 281 g/mol. The number of piperidine rings is 2. The first-order valence-electron chi connectivity index (χ1n) is 8.85. The van der Waals surface area contributed by atoms with E-state index in [1.807, 2.05) is 0 Å². The van der Waals surface area contributed by atoms with E-state index in [1.165, 1.54) is 52.0 Å². The van der Waals surface area contributed by atoms with E-state index in [0.29, 0.717) is 0 Å². The van der Waals surface area contributed by atoms with Crippen LogP contribution in [0.25, 0.3) is 0 Å². The highest BCUT2D eigenvalue weighted by atomic mass is 15.2. The Hall–Kier alpha value is -0.120. The van der Waals surface area contributed by atoms with Crippen molar-refractivity contribution in [1.29, 1.82) is 0 Å². The number of nitrogens with one attached hydrogen (secondary N) is 1. The van der Waals surface area contributed by atoms with Crippen LogP contribution in [0.4, 0.5) is 0 Å². The summed E-state index contributed by atoms with van der Waals surface area (Å²) in [5.41, 5.74) is 0. The van der Waals surface area contributed by atoms with Gasteiger partial charge in [-0.25, -0.2) is 0 Å². The molecule has 0 aliphatic carbocycles. The predicted molar refractivity (Wildman–Crippen MR) is 87.1 cm³/mol. The zero-order valence-electron chi connectivity index (χ0n) is 14.1. The summed E-state index contributed by atoms with van der Waals surface area (Å²) < 4.78 is 0. The minimum Gasteiger partial charge on any atom is -0.314 e. The van der Waals surface area contributed by atoms with Crippen molar-refractivity contribution >= 4 is 0 Å². The fourth-order valence-electron chi connectivity index (χ4n) is 4.06. The second kappa shape index (κ2) is 7.77. The quantitative estimate of drug-likeness (QED) is 0.835. The molecule has 3 heteroatoms. The van der Waals surface area contributed by atoms with Crippen LogP contribution in [0, 0.1) is 11.8 Å². The number of hydrogen-bond acceptors (Lipinski definition) is 3. The van der Waals surface area contributed by atoms with Gasteiger partial charge < -0.3 is 15.1 Å². The molecule has 3 atom stereocenters. The third-order valence-electron chi connectivity index (χ3n) is 5.81. The first-order chi connectivity index (χ1) is 9.65. The molecule has 0 bridgehead atoms. The van der Waals surface area contributed by atoms with Crippen molar-refractivity contribution in [3.8, 4) is 0 Å². The molecule has 2 aliphatic heterocycles. The molecule has 2 heterocycles. The standard InChI is InChI=1S/C17H35N3/c1-5-18-17-9-12-20(15(4)14(17)3)13-16-7-10-19(6-2)11-8-16/h14-18H,5-13H2,1-4H3. The molecule has 2 fully saturated rings. The molecule has 0 aromatic carbocycles. The van der Waals surface area contributed by atoms with Crippen LogP contribution in [0.15, 0.2) is 0 Å². The monoisotopic (exact) mass is 281 g/mol. The van der Waals surface area contributed by atoms with Crippen molar-refractivity contribution < 1.29 is 0 Å². The minimum absolute atomic E-state index is 0.730. The normalized spacial score (nSPS) is 34.5. The molecule has 0 saturated carbocycles. The van der Waals surface area contributed by atoms with E-state index in [-0.39, 0.29) is 0 Å². The molecule has 0 aromatic rings. The topological polar surface area (TPSA) is 18.5 Å². The van der Waals surface area contributed by atoms with Gasteiger partial charge in [0.2, 0.25) is 0 Å². The van der Waals surface area contributed by atoms with Gasteiger partial charge in [-0.15, -0.1) is 0 Å². The largest absolute Gasteiger partial charge is 0.314 e. The van der Waals surface area contributed by atoms with Crippen molar-refractivity contribution in [1.82, 2.24) is 15.1 Å². The summed E-state index contributed by atoms with van der Waals surface area (Å²) in [6, 6.07) is 1.46. The van der Waals surface area contributed by atoms with Gasteiger partial charge in [-0.2, -0.15) is 0 Å². The smallest absolute Gasteiger partial charge is 0.0120 e. The highest BCUT2D eigenvalue weighted by Crippen LogP contribution is 2.27. The third kappa shape index (κ3) is 3.96. The molecular formula is C17H35N3. The summed E-state index contributed by atoms with van der Waals surface area (Å²) in [5.74, 6) is 1.71. The summed E-state index contributed by atoms with van der Waals surface area (Å²) in [7, 11) is 0. The van der Waals surface area contributed by atoms with E-state index in [9.17, 15) is 0 Å². The van der Waals surface area contributed by atoms with Crippen LogP contribution in [0.2, 0.25) is 0 Å². The van der Waals surface area contributed by atoms with Gasteiger partial charge in [0.25, 0.3) is 0 Å². The Kier molecular flexibility index (Phi) is 6.31. The Morgan fingerprint density at radius 3 is 2.30 bits per heavy atom. The summed E-state index contributed by atoms with van der Waals surface area (Å²) in [4.78, 5) is 5.37. The molecule has 0 amide bonds. The maximum atomic E-state index is 3.67. The molecule has 2 aliphatic rings. The molecule has 2 saturated heterocycles. The molecule has 0 spiro atoms. The molecule has 3 unspecified atom stereocenters. The second-order valence-corrected chi connectivity index (χ2v) is 6.93. The Labute approximate surface area is 126 Å². The lowest BCUT2D eigenvalue weighted by atomic mass is 9.85. The first-order valence-corrected chi connectivity index (χ1v) is 8.85. The summed E-state index contributed by atoms with van der Waals surface area (Å²) in [6.45, 7) is 17.0. The highest BCUT2D eigenvalue weighted by molar-refractivity contribution is 4.89. The van der Waals surface area contributed by atoms with Gasteiger partial charge in [0, 0.05) is 18.6 Å². The molecule has 118 valence electrons. The van der Waals surface area contributed by atoms with Crippen LogP contribution in [0.3, 0.4) is 0 Å². The lowest BCUT2D eigenvalue weighted by Crippen LogP contribution is -2.54. The Bertz CT molecular complexity index is 273. The summed E-state index contributed by atoms with van der Waals surface area (Å²) in [5, 5.41) is 3.67. The molecular weight excluding hydrogens is 246 g/mol. The van der Waals surface area contributed by atoms with E-state index in [4.69, 9.17) is 0 Å². The van der Waals surface area contributed by atoms with Crippen molar-refractivity contribution in [2.24, 2.45) is 11.8 Å². The van der Waals surface area contributed by atoms with Gasteiger partial charge in [0.05, 0.1) is 0 Å². The van der Waals surface area contributed by atoms with E-state index in [2.05, 4.69) is 42.8 Å². The maximum absolute atomic E-state index is 3.67. The number of rotatable bonds is 5.